The highest BCUT2D eigenvalue weighted by Crippen LogP contribution is 2.42. The molecule has 2 heterocycles. The van der Waals surface area contributed by atoms with Gasteiger partial charge >= 0.3 is 0 Å². The fourth-order valence-corrected chi connectivity index (χ4v) is 7.06. The number of carbonyl (C=O) groups excluding carboxylic acids is 2. The molecule has 0 radical (unpaired) electrons. The normalized spacial score (nSPS) is 14.8. The molecule has 13 nitrogen and oxygen atoms in total. The number of rotatable bonds is 7. The summed E-state index contributed by atoms with van der Waals surface area (Å²) in [6, 6.07) is 15.8. The van der Waals surface area contributed by atoms with Crippen LogP contribution in [-0.2, 0) is 25.0 Å². The number of aromatic hydroxyl groups is 1. The average Bonchev–Trinajstić information content (AvgIpc) is 2.94. The number of carbonyl (C=O) groups is 2. The number of likely N-dealkylation sites (tertiary alicyclic amines) is 1. The minimum atomic E-state index is -5.20. The predicted molar refractivity (Wildman–Crippen MR) is 155 cm³/mol. The monoisotopic (exact) mass is 630 g/mol. The largest absolute Gasteiger partial charge is 0.508 e. The number of hydrogen-bond donors (Lipinski definition) is 4. The number of hydrogen-bond acceptors (Lipinski definition) is 9. The molecule has 0 saturated carbocycles. The lowest BCUT2D eigenvalue weighted by molar-refractivity contribution is -0.126. The molecule has 0 spiro atoms. The molecular formula is C28H26N2O11S2. The number of benzene rings is 3. The second-order valence-electron chi connectivity index (χ2n) is 10.1. The Balaban J connectivity index is 1.39. The van der Waals surface area contributed by atoms with Crippen molar-refractivity contribution in [2.24, 2.45) is 5.92 Å². The van der Waals surface area contributed by atoms with Crippen molar-refractivity contribution in [1.29, 1.82) is 0 Å². The topological polar surface area (TPSA) is 209 Å². The van der Waals surface area contributed by atoms with Crippen molar-refractivity contribution < 1.29 is 45.1 Å². The quantitative estimate of drug-likeness (QED) is 0.172. The Bertz CT molecular complexity index is 1950. The van der Waals surface area contributed by atoms with Gasteiger partial charge in [0, 0.05) is 53.2 Å². The van der Waals surface area contributed by atoms with Gasteiger partial charge in [0.1, 0.15) is 17.1 Å². The van der Waals surface area contributed by atoms with Crippen molar-refractivity contribution in [2.75, 3.05) is 19.6 Å². The van der Waals surface area contributed by atoms with Gasteiger partial charge in [-0.3, -0.25) is 23.5 Å². The summed E-state index contributed by atoms with van der Waals surface area (Å²) in [6.07, 6.45) is 0.369. The van der Waals surface area contributed by atoms with Gasteiger partial charge in [0.15, 0.2) is 5.43 Å². The third-order valence-electron chi connectivity index (χ3n) is 7.36. The lowest BCUT2D eigenvalue weighted by atomic mass is 9.89. The van der Waals surface area contributed by atoms with Gasteiger partial charge in [0.25, 0.3) is 26.1 Å². The standard InChI is InChI=1S/C28H26N2O11S2/c31-17-5-7-21-23(13-17)41-24-14-18(32)6-8-22(24)26(21)19-3-1-2-4-20(19)28(34)30-11-9-16(10-12-30)27(33)29-15-25(42(35,36)37)43(38,39)40/h1-8,13-14,16,25,31H,9-12,15H2,(H,29,33)(H,35,36,37)(H,38,39,40). The van der Waals surface area contributed by atoms with E-state index in [4.69, 9.17) is 13.5 Å². The van der Waals surface area contributed by atoms with Crippen LogP contribution in [-0.4, -0.2) is 72.0 Å². The van der Waals surface area contributed by atoms with Gasteiger partial charge < -0.3 is 19.7 Å². The molecule has 2 aliphatic heterocycles. The molecule has 1 aliphatic carbocycles. The van der Waals surface area contributed by atoms with E-state index < -0.39 is 43.2 Å². The van der Waals surface area contributed by atoms with E-state index in [2.05, 4.69) is 5.32 Å². The van der Waals surface area contributed by atoms with Gasteiger partial charge in [-0.25, -0.2) is 0 Å². The number of phenolic OH excluding ortho intramolecular Hbond substituents is 1. The molecule has 2 aromatic carbocycles. The van der Waals surface area contributed by atoms with Crippen LogP contribution in [0, 0.1) is 5.92 Å². The number of piperidine rings is 1. The van der Waals surface area contributed by atoms with E-state index in [-0.39, 0.29) is 48.8 Å². The molecule has 3 aliphatic rings. The second-order valence-corrected chi connectivity index (χ2v) is 13.6. The van der Waals surface area contributed by atoms with Crippen LogP contribution in [0.4, 0.5) is 0 Å². The van der Waals surface area contributed by atoms with E-state index in [1.165, 1.54) is 24.3 Å². The predicted octanol–water partition coefficient (Wildman–Crippen LogP) is 2.34. The van der Waals surface area contributed by atoms with Crippen molar-refractivity contribution in [3.63, 3.8) is 0 Å². The average molecular weight is 631 g/mol. The first kappa shape index (κ1) is 30.2. The summed E-state index contributed by atoms with van der Waals surface area (Å²) in [5.74, 6) is -1.45. The molecule has 15 heteroatoms. The van der Waals surface area contributed by atoms with Gasteiger partial charge in [0.2, 0.25) is 10.5 Å². The summed E-state index contributed by atoms with van der Waals surface area (Å²) in [4.78, 5) is 40.1. The summed E-state index contributed by atoms with van der Waals surface area (Å²) in [5.41, 5.74) is 2.16. The Kier molecular flexibility index (Phi) is 8.00. The first-order chi connectivity index (χ1) is 20.2. The first-order valence-corrected chi connectivity index (χ1v) is 16.0. The van der Waals surface area contributed by atoms with E-state index >= 15 is 0 Å². The maximum Gasteiger partial charge on any atom is 0.286 e. The maximum absolute atomic E-state index is 13.8. The summed E-state index contributed by atoms with van der Waals surface area (Å²) >= 11 is 0. The summed E-state index contributed by atoms with van der Waals surface area (Å²) in [7, 11) is -10.4. The van der Waals surface area contributed by atoms with Gasteiger partial charge in [-0.05, 0) is 48.7 Å². The van der Waals surface area contributed by atoms with Crippen molar-refractivity contribution in [3.8, 4) is 28.2 Å². The summed E-state index contributed by atoms with van der Waals surface area (Å²) in [5, 5.41) is 12.8. The fourth-order valence-electron chi connectivity index (χ4n) is 5.24. The van der Waals surface area contributed by atoms with Crippen LogP contribution in [0.5, 0.6) is 5.75 Å². The Morgan fingerprint density at radius 1 is 0.930 bits per heavy atom. The highest BCUT2D eigenvalue weighted by atomic mass is 32.3. The van der Waals surface area contributed by atoms with Crippen molar-refractivity contribution in [3.05, 3.63) is 76.5 Å². The van der Waals surface area contributed by atoms with Crippen molar-refractivity contribution >= 4 is 43.0 Å². The molecular weight excluding hydrogens is 604 g/mol. The molecule has 43 heavy (non-hydrogen) atoms. The zero-order chi connectivity index (χ0) is 31.1. The molecule has 2 amide bonds. The molecule has 0 unspecified atom stereocenters. The number of nitrogens with one attached hydrogen (secondary N) is 1. The van der Waals surface area contributed by atoms with Crippen LogP contribution >= 0.6 is 0 Å². The fraction of sp³-hybridized carbons (Fsp3) is 0.250. The summed E-state index contributed by atoms with van der Waals surface area (Å²) in [6.45, 7) is -0.728. The van der Waals surface area contributed by atoms with Gasteiger partial charge in [-0.15, -0.1) is 0 Å². The molecule has 4 N–H and O–H groups in total. The van der Waals surface area contributed by atoms with E-state index in [9.17, 15) is 36.3 Å². The van der Waals surface area contributed by atoms with Crippen LogP contribution < -0.4 is 10.7 Å². The Morgan fingerprint density at radius 3 is 2.28 bits per heavy atom. The molecule has 226 valence electrons. The molecule has 0 bridgehead atoms. The van der Waals surface area contributed by atoms with Crippen molar-refractivity contribution in [1.82, 2.24) is 10.2 Å². The highest BCUT2D eigenvalue weighted by Gasteiger charge is 2.37. The maximum atomic E-state index is 13.8. The lowest BCUT2D eigenvalue weighted by Gasteiger charge is -2.32. The molecule has 0 atom stereocenters. The van der Waals surface area contributed by atoms with Crippen LogP contribution in [0.1, 0.15) is 23.2 Å². The molecule has 0 aromatic heterocycles. The highest BCUT2D eigenvalue weighted by molar-refractivity contribution is 8.04. The van der Waals surface area contributed by atoms with E-state index in [1.807, 2.05) is 0 Å². The SMILES string of the molecule is O=C(NCC(S(=O)(=O)O)S(=O)(=O)O)C1CCN(C(=O)c2ccccc2-c2c3ccc(=O)cc-3oc3cc(O)ccc23)CC1. The van der Waals surface area contributed by atoms with Crippen LogP contribution in [0.15, 0.2) is 69.9 Å². The second kappa shape index (κ2) is 11.4. The molecule has 2 aromatic rings. The smallest absolute Gasteiger partial charge is 0.286 e. The Hall–Kier alpha value is -4.31. The number of nitrogens with zero attached hydrogens (tertiary/aromatic N) is 1. The third kappa shape index (κ3) is 6.24. The third-order valence-corrected chi connectivity index (χ3v) is 10.5. The number of fused-ring (bicyclic) bond motifs is 2. The lowest BCUT2D eigenvalue weighted by Crippen LogP contribution is -2.46. The number of phenols is 1. The van der Waals surface area contributed by atoms with Crippen LogP contribution in [0.2, 0.25) is 0 Å². The number of amides is 2. The van der Waals surface area contributed by atoms with Gasteiger partial charge in [0.05, 0.1) is 6.54 Å². The van der Waals surface area contributed by atoms with Gasteiger partial charge in [-0.1, -0.05) is 18.2 Å². The minimum absolute atomic E-state index is 0.0393. The molecule has 1 saturated heterocycles. The van der Waals surface area contributed by atoms with E-state index in [1.54, 1.807) is 41.3 Å². The summed E-state index contributed by atoms with van der Waals surface area (Å²) < 4.78 is 66.7. The van der Waals surface area contributed by atoms with Crippen molar-refractivity contribution in [2.45, 2.75) is 17.4 Å². The minimum Gasteiger partial charge on any atom is -0.508 e. The van der Waals surface area contributed by atoms with E-state index in [0.717, 1.165) is 0 Å². The Labute approximate surface area is 245 Å². The zero-order valence-corrected chi connectivity index (χ0v) is 24.0. The van der Waals surface area contributed by atoms with Crippen LogP contribution in [0.25, 0.3) is 33.4 Å². The van der Waals surface area contributed by atoms with Crippen LogP contribution in [0.3, 0.4) is 0 Å². The Morgan fingerprint density at radius 2 is 1.60 bits per heavy atom. The first-order valence-electron chi connectivity index (χ1n) is 13.0. The molecule has 1 fully saturated rings. The van der Waals surface area contributed by atoms with E-state index in [0.29, 0.717) is 33.2 Å². The molecule has 5 rings (SSSR count). The van der Waals surface area contributed by atoms with Gasteiger partial charge in [-0.2, -0.15) is 16.8 Å². The zero-order valence-electron chi connectivity index (χ0n) is 22.3.